The highest BCUT2D eigenvalue weighted by atomic mass is 19.1. The van der Waals surface area contributed by atoms with Crippen molar-refractivity contribution in [1.29, 1.82) is 0 Å². The molecule has 3 heterocycles. The normalized spacial score (nSPS) is 13.8. The first-order valence-corrected chi connectivity index (χ1v) is 12.9. The first kappa shape index (κ1) is 26.7. The number of halogens is 1. The lowest BCUT2D eigenvalue weighted by Crippen LogP contribution is -2.37. The number of methoxy groups -OCH3 is 1. The standard InChI is InChI=1S/C27H35FN6O3/c1-37-17-16-34(14-3-2-7-20-11-10-19-6-5-13-29-25(19)32-20)15-12-23(27(35)36)33-26-24-21(28)8-4-9-22(24)30-18-31-26/h4,8-11,18,23H,2-3,5-7,12-17H2,1H3,(H,29,32)(H,35,36)(H,30,31,33)/t23-/m0/s1. The van der Waals surface area contributed by atoms with Gasteiger partial charge in [-0.15, -0.1) is 0 Å². The minimum Gasteiger partial charge on any atom is -0.480 e. The second-order valence-electron chi connectivity index (χ2n) is 9.31. The van der Waals surface area contributed by atoms with Crippen LogP contribution in [-0.4, -0.2) is 76.9 Å². The lowest BCUT2D eigenvalue weighted by Gasteiger charge is -2.24. The minimum atomic E-state index is -1.01. The van der Waals surface area contributed by atoms with Crippen LogP contribution in [0.3, 0.4) is 0 Å². The molecule has 3 N–H and O–H groups in total. The molecule has 1 aliphatic heterocycles. The van der Waals surface area contributed by atoms with Crippen molar-refractivity contribution in [2.24, 2.45) is 0 Å². The van der Waals surface area contributed by atoms with Crippen LogP contribution in [0.25, 0.3) is 10.9 Å². The van der Waals surface area contributed by atoms with Crippen molar-refractivity contribution < 1.29 is 19.0 Å². The zero-order chi connectivity index (χ0) is 26.0. The molecule has 0 saturated heterocycles. The van der Waals surface area contributed by atoms with Crippen molar-refractivity contribution in [3.63, 3.8) is 0 Å². The Hall–Kier alpha value is -3.37. The molecule has 4 rings (SSSR count). The maximum atomic E-state index is 14.4. The number of unbranched alkanes of at least 4 members (excludes halogenated alkanes) is 1. The van der Waals surface area contributed by atoms with Gasteiger partial charge in [-0.05, 0) is 68.8 Å². The summed E-state index contributed by atoms with van der Waals surface area (Å²) < 4.78 is 19.7. The molecule has 1 atom stereocenters. The molecule has 0 saturated carbocycles. The van der Waals surface area contributed by atoms with Gasteiger partial charge < -0.3 is 25.4 Å². The van der Waals surface area contributed by atoms with Gasteiger partial charge in [-0.2, -0.15) is 0 Å². The summed E-state index contributed by atoms with van der Waals surface area (Å²) >= 11 is 0. The largest absolute Gasteiger partial charge is 0.480 e. The molecule has 0 bridgehead atoms. The summed E-state index contributed by atoms with van der Waals surface area (Å²) in [6, 6.07) is 7.93. The van der Waals surface area contributed by atoms with Crippen LogP contribution in [0.15, 0.2) is 36.7 Å². The highest BCUT2D eigenvalue weighted by Crippen LogP contribution is 2.23. The van der Waals surface area contributed by atoms with Gasteiger partial charge in [0.05, 0.1) is 17.5 Å². The molecule has 0 unspecified atom stereocenters. The Balaban J connectivity index is 1.31. The van der Waals surface area contributed by atoms with Crippen LogP contribution in [0.5, 0.6) is 0 Å². The van der Waals surface area contributed by atoms with Crippen molar-refractivity contribution in [3.8, 4) is 0 Å². The molecule has 0 radical (unpaired) electrons. The number of aromatic nitrogens is 3. The molecule has 0 aliphatic carbocycles. The number of ether oxygens (including phenoxy) is 1. The number of rotatable bonds is 14. The van der Waals surface area contributed by atoms with Crippen LogP contribution in [0.1, 0.15) is 36.9 Å². The molecule has 3 aromatic rings. The van der Waals surface area contributed by atoms with Crippen molar-refractivity contribution >= 4 is 28.5 Å². The molecule has 37 heavy (non-hydrogen) atoms. The number of carboxylic acid groups (broad SMARTS) is 1. The summed E-state index contributed by atoms with van der Waals surface area (Å²) in [7, 11) is 1.66. The Kier molecular flexibility index (Phi) is 9.56. The molecule has 0 spiro atoms. The zero-order valence-electron chi connectivity index (χ0n) is 21.3. The summed E-state index contributed by atoms with van der Waals surface area (Å²) in [6.45, 7) is 3.62. The number of nitrogens with zero attached hydrogens (tertiary/aromatic N) is 4. The van der Waals surface area contributed by atoms with Gasteiger partial charge in [0.1, 0.15) is 29.8 Å². The Labute approximate surface area is 216 Å². The molecular formula is C27H35FN6O3. The van der Waals surface area contributed by atoms with E-state index in [-0.39, 0.29) is 11.2 Å². The number of carbonyl (C=O) groups is 1. The number of benzene rings is 1. The SMILES string of the molecule is COCCN(CCCCc1ccc2c(n1)NCCC2)CC[C@H](Nc1ncnc2cccc(F)c12)C(=O)O. The van der Waals surface area contributed by atoms with Crippen molar-refractivity contribution in [3.05, 3.63) is 53.7 Å². The summed E-state index contributed by atoms with van der Waals surface area (Å²) in [6.07, 6.45) is 6.72. The summed E-state index contributed by atoms with van der Waals surface area (Å²) in [4.78, 5) is 27.2. The topological polar surface area (TPSA) is 113 Å². The molecule has 10 heteroatoms. The predicted octanol–water partition coefficient (Wildman–Crippen LogP) is 3.75. The second kappa shape index (κ2) is 13.3. The molecule has 2 aromatic heterocycles. The van der Waals surface area contributed by atoms with Crippen molar-refractivity contribution in [2.75, 3.05) is 50.5 Å². The number of anilines is 2. The first-order chi connectivity index (χ1) is 18.0. The highest BCUT2D eigenvalue weighted by Gasteiger charge is 2.21. The lowest BCUT2D eigenvalue weighted by atomic mass is 10.1. The van der Waals surface area contributed by atoms with Gasteiger partial charge in [-0.3, -0.25) is 0 Å². The van der Waals surface area contributed by atoms with Gasteiger partial charge >= 0.3 is 5.97 Å². The van der Waals surface area contributed by atoms with Gasteiger partial charge in [0.25, 0.3) is 0 Å². The monoisotopic (exact) mass is 510 g/mol. The summed E-state index contributed by atoms with van der Waals surface area (Å²) in [5, 5.41) is 16.3. The third-order valence-electron chi connectivity index (χ3n) is 6.68. The number of aliphatic carboxylic acids is 1. The Morgan fingerprint density at radius 2 is 2.11 bits per heavy atom. The summed E-state index contributed by atoms with van der Waals surface area (Å²) in [5.41, 5.74) is 2.81. The molecule has 1 aliphatic rings. The number of nitrogens with one attached hydrogen (secondary N) is 2. The number of fused-ring (bicyclic) bond motifs is 2. The number of hydrogen-bond acceptors (Lipinski definition) is 8. The van der Waals surface area contributed by atoms with Crippen molar-refractivity contribution in [1.82, 2.24) is 19.9 Å². The maximum absolute atomic E-state index is 14.4. The van der Waals surface area contributed by atoms with Crippen LogP contribution >= 0.6 is 0 Å². The molecule has 0 fully saturated rings. The fourth-order valence-corrected chi connectivity index (χ4v) is 4.62. The molecule has 9 nitrogen and oxygen atoms in total. The van der Waals surface area contributed by atoms with E-state index in [1.54, 1.807) is 19.2 Å². The Morgan fingerprint density at radius 3 is 2.95 bits per heavy atom. The van der Waals surface area contributed by atoms with E-state index >= 15 is 0 Å². The van der Waals surface area contributed by atoms with Gasteiger partial charge in [0, 0.05) is 32.4 Å². The molecule has 1 aromatic carbocycles. The van der Waals surface area contributed by atoms with E-state index in [4.69, 9.17) is 9.72 Å². The minimum absolute atomic E-state index is 0.186. The van der Waals surface area contributed by atoms with E-state index in [2.05, 4.69) is 37.6 Å². The van der Waals surface area contributed by atoms with Crippen LogP contribution in [0.2, 0.25) is 0 Å². The predicted molar refractivity (Wildman–Crippen MR) is 141 cm³/mol. The van der Waals surface area contributed by atoms with Gasteiger partial charge in [-0.1, -0.05) is 12.1 Å². The van der Waals surface area contributed by atoms with E-state index in [0.29, 0.717) is 31.6 Å². The quantitative estimate of drug-likeness (QED) is 0.279. The second-order valence-corrected chi connectivity index (χ2v) is 9.31. The van der Waals surface area contributed by atoms with Crippen molar-refractivity contribution in [2.45, 2.75) is 44.6 Å². The first-order valence-electron chi connectivity index (χ1n) is 12.9. The zero-order valence-corrected chi connectivity index (χ0v) is 21.3. The van der Waals surface area contributed by atoms with Crippen LogP contribution < -0.4 is 10.6 Å². The average molecular weight is 511 g/mol. The van der Waals surface area contributed by atoms with Crippen LogP contribution in [0.4, 0.5) is 16.0 Å². The molecule has 198 valence electrons. The third-order valence-corrected chi connectivity index (χ3v) is 6.68. The molecule has 0 amide bonds. The van der Waals surface area contributed by atoms with Gasteiger partial charge in [-0.25, -0.2) is 24.1 Å². The van der Waals surface area contributed by atoms with E-state index in [0.717, 1.165) is 56.7 Å². The van der Waals surface area contributed by atoms with Crippen LogP contribution in [0, 0.1) is 5.82 Å². The maximum Gasteiger partial charge on any atom is 0.326 e. The Bertz CT molecular complexity index is 1190. The molecular weight excluding hydrogens is 475 g/mol. The fourth-order valence-electron chi connectivity index (χ4n) is 4.62. The highest BCUT2D eigenvalue weighted by molar-refractivity contribution is 5.91. The van der Waals surface area contributed by atoms with E-state index in [1.165, 1.54) is 18.0 Å². The third kappa shape index (κ3) is 7.33. The lowest BCUT2D eigenvalue weighted by molar-refractivity contribution is -0.138. The van der Waals surface area contributed by atoms with E-state index in [1.807, 2.05) is 0 Å². The Morgan fingerprint density at radius 1 is 1.22 bits per heavy atom. The van der Waals surface area contributed by atoms with E-state index < -0.39 is 17.8 Å². The summed E-state index contributed by atoms with van der Waals surface area (Å²) in [5.74, 6) is -0.294. The van der Waals surface area contributed by atoms with Crippen LogP contribution in [-0.2, 0) is 22.4 Å². The fraction of sp³-hybridized carbons (Fsp3) is 0.481. The smallest absolute Gasteiger partial charge is 0.326 e. The number of pyridine rings is 1. The number of hydrogen-bond donors (Lipinski definition) is 3. The van der Waals surface area contributed by atoms with Gasteiger partial charge in [0.15, 0.2) is 0 Å². The van der Waals surface area contributed by atoms with E-state index in [9.17, 15) is 14.3 Å². The average Bonchev–Trinajstić information content (AvgIpc) is 2.91. The van der Waals surface area contributed by atoms with Gasteiger partial charge in [0.2, 0.25) is 0 Å². The number of carboxylic acids is 1. The number of aryl methyl sites for hydroxylation is 2.